The van der Waals surface area contributed by atoms with Gasteiger partial charge in [-0.15, -0.1) is 11.8 Å². The number of aliphatic hydroxyl groups excluding tert-OH is 5. The Bertz CT molecular complexity index is 1490. The van der Waals surface area contributed by atoms with Crippen LogP contribution in [0.3, 0.4) is 0 Å². The fraction of sp³-hybridized carbons (Fsp3) is 0.471. The predicted octanol–water partition coefficient (Wildman–Crippen LogP) is 3.37. The number of thioether (sulfide) groups is 1. The van der Waals surface area contributed by atoms with Gasteiger partial charge in [-0.3, -0.25) is 4.98 Å². The van der Waals surface area contributed by atoms with E-state index in [2.05, 4.69) is 21.7 Å². The number of hydrogen-bond acceptors (Lipinski definition) is 10. The number of pyridine rings is 1. The summed E-state index contributed by atoms with van der Waals surface area (Å²) < 4.78 is 12.8. The fourth-order valence-electron chi connectivity index (χ4n) is 5.13. The van der Waals surface area contributed by atoms with Crippen LogP contribution in [0.5, 0.6) is 5.75 Å². The molecule has 5 rings (SSSR count). The van der Waals surface area contributed by atoms with Crippen LogP contribution in [0, 0.1) is 0 Å². The molecule has 47 heavy (non-hydrogen) atoms. The van der Waals surface area contributed by atoms with Gasteiger partial charge in [-0.1, -0.05) is 29.8 Å². The highest BCUT2D eigenvalue weighted by molar-refractivity contribution is 7.99. The molecule has 3 aromatic rings. The van der Waals surface area contributed by atoms with E-state index < -0.39 is 42.7 Å². The highest BCUT2D eigenvalue weighted by atomic mass is 35.5. The first-order valence-corrected chi connectivity index (χ1v) is 17.2. The van der Waals surface area contributed by atoms with E-state index in [4.69, 9.17) is 26.2 Å². The lowest BCUT2D eigenvalue weighted by atomic mass is 9.96. The number of carbonyl (C=O) groups is 1. The van der Waals surface area contributed by atoms with Crippen LogP contribution in [0.15, 0.2) is 65.8 Å². The number of carbonyl (C=O) groups excluding carboxylic acids is 1. The molecule has 254 valence electrons. The summed E-state index contributed by atoms with van der Waals surface area (Å²) in [7, 11) is 0. The number of halogens is 1. The molecule has 0 aliphatic heterocycles. The molecule has 2 aliphatic rings. The van der Waals surface area contributed by atoms with Crippen molar-refractivity contribution in [3.63, 3.8) is 0 Å². The third-order valence-corrected chi connectivity index (χ3v) is 9.65. The Labute approximate surface area is 283 Å². The van der Waals surface area contributed by atoms with Gasteiger partial charge in [-0.2, -0.15) is 0 Å². The number of ether oxygens (including phenoxy) is 2. The molecule has 0 bridgehead atoms. The molecule has 2 aromatic carbocycles. The number of aliphatic hydroxyl groups is 5. The molecule has 2 aliphatic carbocycles. The largest absolute Gasteiger partial charge is 0.490 e. The normalized spacial score (nSPS) is 17.7. The van der Waals surface area contributed by atoms with Gasteiger partial charge >= 0.3 is 6.03 Å². The Morgan fingerprint density at radius 3 is 2.53 bits per heavy atom. The summed E-state index contributed by atoms with van der Waals surface area (Å²) in [6.07, 6.45) is 1.99. The predicted molar refractivity (Wildman–Crippen MR) is 178 cm³/mol. The number of aromatic nitrogens is 1. The quantitative estimate of drug-likeness (QED) is 0.0776. The van der Waals surface area contributed by atoms with E-state index >= 15 is 0 Å². The number of urea groups is 1. The molecule has 2 amide bonds. The van der Waals surface area contributed by atoms with Crippen LogP contribution in [0.1, 0.15) is 43.2 Å². The van der Waals surface area contributed by atoms with Gasteiger partial charge in [0.1, 0.15) is 24.1 Å². The molecule has 1 aromatic heterocycles. The molecule has 0 spiro atoms. The van der Waals surface area contributed by atoms with Crippen molar-refractivity contribution >= 4 is 29.4 Å². The first-order valence-electron chi connectivity index (χ1n) is 15.8. The summed E-state index contributed by atoms with van der Waals surface area (Å²) in [5.74, 6) is 1.60. The van der Waals surface area contributed by atoms with Gasteiger partial charge in [-0.25, -0.2) is 4.79 Å². The Kier molecular flexibility index (Phi) is 12.4. The molecular weight excluding hydrogens is 646 g/mol. The van der Waals surface area contributed by atoms with Crippen molar-refractivity contribution in [3.8, 4) is 16.9 Å². The summed E-state index contributed by atoms with van der Waals surface area (Å²) in [6, 6.07) is 15.5. The van der Waals surface area contributed by atoms with Gasteiger partial charge in [-0.05, 0) is 79.3 Å². The minimum absolute atomic E-state index is 0.291. The number of rotatable bonds is 18. The lowest BCUT2D eigenvalue weighted by Gasteiger charge is -2.25. The van der Waals surface area contributed by atoms with Gasteiger partial charge < -0.3 is 45.6 Å². The van der Waals surface area contributed by atoms with Gasteiger partial charge in [0.25, 0.3) is 0 Å². The number of hydrogen-bond donors (Lipinski definition) is 7. The first kappa shape index (κ1) is 35.4. The Hall–Kier alpha value is -2.94. The number of amides is 2. The van der Waals surface area contributed by atoms with Crippen molar-refractivity contribution in [2.24, 2.45) is 0 Å². The van der Waals surface area contributed by atoms with Crippen LogP contribution in [-0.2, 0) is 16.9 Å². The number of nitrogens with zero attached hydrogens (tertiary/aromatic N) is 1. The Morgan fingerprint density at radius 2 is 1.79 bits per heavy atom. The van der Waals surface area contributed by atoms with Crippen LogP contribution in [-0.4, -0.2) is 92.5 Å². The molecule has 0 radical (unpaired) electrons. The molecule has 4 unspecified atom stereocenters. The summed E-state index contributed by atoms with van der Waals surface area (Å²) in [6.45, 7) is -0.405. The molecule has 11 nitrogen and oxygen atoms in total. The molecule has 4 atom stereocenters. The maximum Gasteiger partial charge on any atom is 0.314 e. The maximum absolute atomic E-state index is 12.1. The van der Waals surface area contributed by atoms with Crippen molar-refractivity contribution in [2.75, 3.05) is 25.4 Å². The van der Waals surface area contributed by atoms with E-state index in [1.54, 1.807) is 18.0 Å². The average molecular weight is 688 g/mol. The third kappa shape index (κ3) is 9.58. The minimum atomic E-state index is -1.75. The highest BCUT2D eigenvalue weighted by Gasteiger charge is 2.48. The summed E-state index contributed by atoms with van der Waals surface area (Å²) in [5.41, 5.74) is 3.61. The number of benzene rings is 2. The zero-order valence-corrected chi connectivity index (χ0v) is 27.5. The zero-order valence-electron chi connectivity index (χ0n) is 25.9. The molecule has 13 heteroatoms. The van der Waals surface area contributed by atoms with E-state index in [0.29, 0.717) is 30.7 Å². The fourth-order valence-corrected chi connectivity index (χ4v) is 6.22. The second-order valence-corrected chi connectivity index (χ2v) is 13.5. The van der Waals surface area contributed by atoms with Gasteiger partial charge in [0.15, 0.2) is 0 Å². The monoisotopic (exact) mass is 687 g/mol. The SMILES string of the molecule is O=C(NCCCSc1ccc(Cl)c(COC2(c3cnccc3-c3ccccc3OC3CC3)CC2)c1)NCC(O)C(O)C(O)C(O)CO. The van der Waals surface area contributed by atoms with Gasteiger partial charge in [0.2, 0.25) is 0 Å². The van der Waals surface area contributed by atoms with E-state index in [1.807, 2.05) is 48.7 Å². The van der Waals surface area contributed by atoms with Crippen molar-refractivity contribution in [1.82, 2.24) is 15.6 Å². The van der Waals surface area contributed by atoms with E-state index in [-0.39, 0.29) is 6.54 Å². The standard InChI is InChI=1S/C34H42ClN3O8S/c35-27-9-8-23(47-15-3-13-37-33(44)38-18-28(40)31(42)32(43)29(41)19-39)16-21(27)20-45-34(11-12-34)26-17-36-14-10-24(26)25-4-1-2-5-30(25)46-22-6-7-22/h1-2,4-5,8-10,14,16-17,22,28-29,31-32,39-43H,3,6-7,11-13,15,18-20H2,(H2,37,38,44). The van der Waals surface area contributed by atoms with Crippen LogP contribution in [0.25, 0.3) is 11.1 Å². The molecule has 1 heterocycles. The lowest BCUT2D eigenvalue weighted by molar-refractivity contribution is -0.113. The molecule has 2 saturated carbocycles. The summed E-state index contributed by atoms with van der Waals surface area (Å²) >= 11 is 8.21. The van der Waals surface area contributed by atoms with E-state index in [1.165, 1.54) is 0 Å². The van der Waals surface area contributed by atoms with E-state index in [0.717, 1.165) is 64.3 Å². The lowest BCUT2D eigenvalue weighted by Crippen LogP contribution is -2.50. The molecule has 7 N–H and O–H groups in total. The van der Waals surface area contributed by atoms with Crippen LogP contribution >= 0.6 is 23.4 Å². The van der Waals surface area contributed by atoms with Crippen LogP contribution in [0.2, 0.25) is 5.02 Å². The number of nitrogens with one attached hydrogen (secondary N) is 2. The third-order valence-electron chi connectivity index (χ3n) is 8.21. The van der Waals surface area contributed by atoms with Gasteiger partial charge in [0, 0.05) is 46.5 Å². The van der Waals surface area contributed by atoms with Crippen molar-refractivity contribution in [1.29, 1.82) is 0 Å². The summed E-state index contributed by atoms with van der Waals surface area (Å²) in [5, 5.41) is 53.4. The zero-order chi connectivity index (χ0) is 33.4. The number of para-hydroxylation sites is 1. The summed E-state index contributed by atoms with van der Waals surface area (Å²) in [4.78, 5) is 17.5. The Morgan fingerprint density at radius 1 is 1.02 bits per heavy atom. The van der Waals surface area contributed by atoms with Gasteiger partial charge in [0.05, 0.1) is 31.0 Å². The second kappa shape index (κ2) is 16.4. The van der Waals surface area contributed by atoms with Crippen LogP contribution < -0.4 is 15.4 Å². The second-order valence-electron chi connectivity index (χ2n) is 11.9. The van der Waals surface area contributed by atoms with E-state index in [9.17, 15) is 25.2 Å². The highest BCUT2D eigenvalue weighted by Crippen LogP contribution is 2.53. The maximum atomic E-state index is 12.1. The van der Waals surface area contributed by atoms with Crippen molar-refractivity contribution in [2.45, 2.75) is 79.7 Å². The Balaban J connectivity index is 1.09. The smallest absolute Gasteiger partial charge is 0.314 e. The minimum Gasteiger partial charge on any atom is -0.490 e. The molecular formula is C34H42ClN3O8S. The van der Waals surface area contributed by atoms with Crippen LogP contribution in [0.4, 0.5) is 4.79 Å². The first-order chi connectivity index (χ1) is 22.7. The topological polar surface area (TPSA) is 174 Å². The average Bonchev–Trinajstić information content (AvgIpc) is 4.04. The van der Waals surface area contributed by atoms with Crippen molar-refractivity contribution in [3.05, 3.63) is 77.1 Å². The molecule has 0 saturated heterocycles. The van der Waals surface area contributed by atoms with Crippen molar-refractivity contribution < 1.29 is 39.8 Å². The molecule has 2 fully saturated rings.